The lowest BCUT2D eigenvalue weighted by atomic mass is 10.1. The number of carbonyl (C=O) groups is 2. The number of nitrogens with zero attached hydrogens (tertiary/aromatic N) is 2. The van der Waals surface area contributed by atoms with Gasteiger partial charge in [0.2, 0.25) is 5.91 Å². The molecule has 0 unspecified atom stereocenters. The Kier molecular flexibility index (Phi) is 5.71. The maximum atomic E-state index is 12.5. The summed E-state index contributed by atoms with van der Waals surface area (Å²) >= 11 is 3.36. The second-order valence-corrected chi connectivity index (χ2v) is 7.07. The van der Waals surface area contributed by atoms with Crippen LogP contribution in [0.1, 0.15) is 35.8 Å². The van der Waals surface area contributed by atoms with Crippen LogP contribution in [0.25, 0.3) is 5.69 Å². The third-order valence-electron chi connectivity index (χ3n) is 4.00. The van der Waals surface area contributed by atoms with Crippen LogP contribution < -0.4 is 10.6 Å². The van der Waals surface area contributed by atoms with Gasteiger partial charge in [0.25, 0.3) is 5.91 Å². The molecule has 138 valence electrons. The lowest BCUT2D eigenvalue weighted by Gasteiger charge is -2.16. The Morgan fingerprint density at radius 2 is 1.89 bits per heavy atom. The molecule has 0 aliphatic rings. The van der Waals surface area contributed by atoms with Crippen molar-refractivity contribution in [3.05, 3.63) is 76.5 Å². The van der Waals surface area contributed by atoms with Crippen molar-refractivity contribution in [1.82, 2.24) is 15.1 Å². The van der Waals surface area contributed by atoms with Crippen molar-refractivity contribution < 1.29 is 9.59 Å². The van der Waals surface area contributed by atoms with Crippen molar-refractivity contribution in [2.75, 3.05) is 5.32 Å². The van der Waals surface area contributed by atoms with Crippen molar-refractivity contribution in [3.63, 3.8) is 0 Å². The average Bonchev–Trinajstić information content (AvgIpc) is 3.08. The molecule has 3 rings (SSSR count). The van der Waals surface area contributed by atoms with E-state index in [2.05, 4.69) is 31.7 Å². The van der Waals surface area contributed by atoms with Gasteiger partial charge in [-0.05, 0) is 64.8 Å². The van der Waals surface area contributed by atoms with Crippen molar-refractivity contribution in [2.24, 2.45) is 0 Å². The molecule has 0 aliphatic heterocycles. The number of nitrogens with one attached hydrogen (secondary N) is 2. The molecule has 0 saturated heterocycles. The minimum atomic E-state index is -0.201. The fourth-order valence-corrected chi connectivity index (χ4v) is 2.95. The van der Waals surface area contributed by atoms with E-state index in [1.807, 2.05) is 49.5 Å². The molecule has 0 bridgehead atoms. The summed E-state index contributed by atoms with van der Waals surface area (Å²) in [6, 6.07) is 14.4. The highest BCUT2D eigenvalue weighted by atomic mass is 79.9. The van der Waals surface area contributed by atoms with E-state index in [0.29, 0.717) is 11.3 Å². The molecule has 2 aromatic carbocycles. The summed E-state index contributed by atoms with van der Waals surface area (Å²) in [5.41, 5.74) is 3.05. The van der Waals surface area contributed by atoms with Crippen LogP contribution in [0.5, 0.6) is 0 Å². The van der Waals surface area contributed by atoms with Gasteiger partial charge in [-0.1, -0.05) is 12.1 Å². The first-order chi connectivity index (χ1) is 12.9. The van der Waals surface area contributed by atoms with Gasteiger partial charge in [0, 0.05) is 24.4 Å². The van der Waals surface area contributed by atoms with E-state index in [1.165, 1.54) is 6.92 Å². The van der Waals surface area contributed by atoms with E-state index in [-0.39, 0.29) is 17.9 Å². The molecule has 0 fully saturated rings. The third-order valence-corrected chi connectivity index (χ3v) is 4.41. The van der Waals surface area contributed by atoms with E-state index in [0.717, 1.165) is 15.7 Å². The minimum absolute atomic E-state index is 0.131. The summed E-state index contributed by atoms with van der Waals surface area (Å²) in [6.45, 7) is 3.36. The van der Waals surface area contributed by atoms with Gasteiger partial charge in [0.05, 0.1) is 22.4 Å². The van der Waals surface area contributed by atoms with Gasteiger partial charge in [-0.3, -0.25) is 9.59 Å². The van der Waals surface area contributed by atoms with Gasteiger partial charge in [-0.25, -0.2) is 4.68 Å². The molecule has 1 atom stereocenters. The normalized spacial score (nSPS) is 11.7. The van der Waals surface area contributed by atoms with Crippen LogP contribution >= 0.6 is 15.9 Å². The van der Waals surface area contributed by atoms with Crippen LogP contribution in [0.3, 0.4) is 0 Å². The largest absolute Gasteiger partial charge is 0.346 e. The number of anilines is 1. The Labute approximate surface area is 165 Å². The van der Waals surface area contributed by atoms with Crippen molar-refractivity contribution in [1.29, 1.82) is 0 Å². The number of aromatic nitrogens is 2. The Balaban J connectivity index is 1.68. The molecular formula is C20H19BrN4O2. The topological polar surface area (TPSA) is 76.0 Å². The van der Waals surface area contributed by atoms with Gasteiger partial charge in [0.15, 0.2) is 0 Å². The summed E-state index contributed by atoms with van der Waals surface area (Å²) in [4.78, 5) is 23.7. The number of hydrogen-bond acceptors (Lipinski definition) is 3. The SMILES string of the molecule is CC(=O)Nc1cccc([C@H](C)NC(=O)c2ccc(-n3cc(Br)cn3)cc2)c1. The van der Waals surface area contributed by atoms with Crippen LogP contribution in [-0.4, -0.2) is 21.6 Å². The highest BCUT2D eigenvalue weighted by Gasteiger charge is 2.12. The molecule has 27 heavy (non-hydrogen) atoms. The Hall–Kier alpha value is -2.93. The summed E-state index contributed by atoms with van der Waals surface area (Å²) in [5, 5.41) is 9.94. The zero-order valence-electron chi connectivity index (χ0n) is 14.9. The van der Waals surface area contributed by atoms with E-state index < -0.39 is 0 Å². The molecule has 2 N–H and O–H groups in total. The first-order valence-corrected chi connectivity index (χ1v) is 9.21. The Morgan fingerprint density at radius 3 is 2.52 bits per heavy atom. The number of amides is 2. The summed E-state index contributed by atoms with van der Waals surface area (Å²) in [6.07, 6.45) is 3.55. The zero-order chi connectivity index (χ0) is 19.4. The van der Waals surface area contributed by atoms with Crippen molar-refractivity contribution in [2.45, 2.75) is 19.9 Å². The molecular weight excluding hydrogens is 408 g/mol. The predicted molar refractivity (Wildman–Crippen MR) is 108 cm³/mol. The lowest BCUT2D eigenvalue weighted by molar-refractivity contribution is -0.114. The fourth-order valence-electron chi connectivity index (χ4n) is 2.66. The number of carbonyl (C=O) groups excluding carboxylic acids is 2. The number of halogens is 1. The van der Waals surface area contributed by atoms with Crippen LogP contribution in [-0.2, 0) is 4.79 Å². The highest BCUT2D eigenvalue weighted by molar-refractivity contribution is 9.10. The van der Waals surface area contributed by atoms with Gasteiger partial charge in [-0.2, -0.15) is 5.10 Å². The standard InChI is InChI=1S/C20H19BrN4O2/c1-13(16-4-3-5-18(10-16)24-14(2)26)23-20(27)15-6-8-19(9-7-15)25-12-17(21)11-22-25/h3-13H,1-2H3,(H,23,27)(H,24,26)/t13-/m0/s1. The Morgan fingerprint density at radius 1 is 1.15 bits per heavy atom. The molecule has 0 spiro atoms. The number of rotatable bonds is 5. The lowest BCUT2D eigenvalue weighted by Crippen LogP contribution is -2.26. The van der Waals surface area contributed by atoms with Crippen molar-refractivity contribution >= 4 is 33.4 Å². The van der Waals surface area contributed by atoms with Crippen LogP contribution in [0.2, 0.25) is 0 Å². The monoisotopic (exact) mass is 426 g/mol. The third kappa shape index (κ3) is 4.83. The van der Waals surface area contributed by atoms with Gasteiger partial charge >= 0.3 is 0 Å². The zero-order valence-corrected chi connectivity index (χ0v) is 16.5. The quantitative estimate of drug-likeness (QED) is 0.644. The van der Waals surface area contributed by atoms with E-state index >= 15 is 0 Å². The smallest absolute Gasteiger partial charge is 0.251 e. The van der Waals surface area contributed by atoms with Gasteiger partial charge in [0.1, 0.15) is 0 Å². The van der Waals surface area contributed by atoms with E-state index in [1.54, 1.807) is 23.0 Å². The molecule has 3 aromatic rings. The summed E-state index contributed by atoms with van der Waals surface area (Å²) in [5.74, 6) is -0.297. The van der Waals surface area contributed by atoms with Gasteiger partial charge in [-0.15, -0.1) is 0 Å². The highest BCUT2D eigenvalue weighted by Crippen LogP contribution is 2.19. The molecule has 6 nitrogen and oxygen atoms in total. The number of benzene rings is 2. The average molecular weight is 427 g/mol. The second-order valence-electron chi connectivity index (χ2n) is 6.15. The summed E-state index contributed by atoms with van der Waals surface area (Å²) in [7, 11) is 0. The maximum Gasteiger partial charge on any atom is 0.251 e. The first kappa shape index (κ1) is 18.8. The van der Waals surface area contributed by atoms with Gasteiger partial charge < -0.3 is 10.6 Å². The van der Waals surface area contributed by atoms with E-state index in [4.69, 9.17) is 0 Å². The number of hydrogen-bond donors (Lipinski definition) is 2. The minimum Gasteiger partial charge on any atom is -0.346 e. The Bertz CT molecular complexity index is 966. The molecule has 1 aromatic heterocycles. The summed E-state index contributed by atoms with van der Waals surface area (Å²) < 4.78 is 2.61. The molecule has 0 aliphatic carbocycles. The maximum absolute atomic E-state index is 12.5. The molecule has 7 heteroatoms. The van der Waals surface area contributed by atoms with Crippen LogP contribution in [0.4, 0.5) is 5.69 Å². The fraction of sp³-hybridized carbons (Fsp3) is 0.150. The molecule has 2 amide bonds. The van der Waals surface area contributed by atoms with Crippen molar-refractivity contribution in [3.8, 4) is 5.69 Å². The van der Waals surface area contributed by atoms with Crippen LogP contribution in [0, 0.1) is 0 Å². The second kappa shape index (κ2) is 8.18. The molecule has 1 heterocycles. The van der Waals surface area contributed by atoms with Crippen LogP contribution in [0.15, 0.2) is 65.4 Å². The van der Waals surface area contributed by atoms with E-state index in [9.17, 15) is 9.59 Å². The molecule has 0 saturated carbocycles. The molecule has 0 radical (unpaired) electrons. The predicted octanol–water partition coefficient (Wildman–Crippen LogP) is 4.08. The first-order valence-electron chi connectivity index (χ1n) is 8.41.